The van der Waals surface area contributed by atoms with Gasteiger partial charge in [0, 0.05) is 5.56 Å². The quantitative estimate of drug-likeness (QED) is 0.235. The lowest BCUT2D eigenvalue weighted by Gasteiger charge is -2.05. The fraction of sp³-hybridized carbons (Fsp3) is 0.0435. The van der Waals surface area contributed by atoms with Crippen LogP contribution in [0.4, 0.5) is 0 Å². The van der Waals surface area contributed by atoms with E-state index in [1.54, 1.807) is 48.5 Å². The number of hydrogen-bond acceptors (Lipinski definition) is 5. The van der Waals surface area contributed by atoms with Crippen LogP contribution in [-0.4, -0.2) is 30.5 Å². The van der Waals surface area contributed by atoms with Crippen molar-refractivity contribution < 1.29 is 19.1 Å². The lowest BCUT2D eigenvalue weighted by Crippen LogP contribution is -2.34. The van der Waals surface area contributed by atoms with E-state index < -0.39 is 17.8 Å². The molecular weight excluding hydrogens is 453 g/mol. The summed E-state index contributed by atoms with van der Waals surface area (Å²) < 4.78 is 5.29. The number of ether oxygens (including phenoxy) is 1. The highest BCUT2D eigenvalue weighted by Crippen LogP contribution is 2.22. The Kier molecular flexibility index (Phi) is 7.96. The molecule has 7 nitrogen and oxygen atoms in total. The Bertz CT molecular complexity index is 1150. The molecular formula is C23H17Cl2N3O4. The van der Waals surface area contributed by atoms with E-state index in [1.165, 1.54) is 24.4 Å². The lowest BCUT2D eigenvalue weighted by atomic mass is 10.2. The van der Waals surface area contributed by atoms with Crippen LogP contribution in [-0.2, 0) is 4.79 Å². The van der Waals surface area contributed by atoms with Gasteiger partial charge in [-0.25, -0.2) is 10.2 Å². The number of nitrogens with zero attached hydrogens (tertiary/aromatic N) is 1. The average molecular weight is 470 g/mol. The molecule has 32 heavy (non-hydrogen) atoms. The van der Waals surface area contributed by atoms with Gasteiger partial charge in [0.1, 0.15) is 5.75 Å². The van der Waals surface area contributed by atoms with E-state index in [0.717, 1.165) is 0 Å². The molecule has 0 aliphatic heterocycles. The van der Waals surface area contributed by atoms with Crippen molar-refractivity contribution in [2.24, 2.45) is 5.10 Å². The first-order chi connectivity index (χ1) is 15.4. The number of benzene rings is 3. The summed E-state index contributed by atoms with van der Waals surface area (Å²) >= 11 is 11.7. The summed E-state index contributed by atoms with van der Waals surface area (Å²) in [7, 11) is 0. The van der Waals surface area contributed by atoms with Crippen molar-refractivity contribution in [1.29, 1.82) is 0 Å². The van der Waals surface area contributed by atoms with E-state index in [-0.39, 0.29) is 17.1 Å². The molecule has 0 spiro atoms. The first-order valence-electron chi connectivity index (χ1n) is 9.35. The predicted molar refractivity (Wildman–Crippen MR) is 122 cm³/mol. The van der Waals surface area contributed by atoms with E-state index in [0.29, 0.717) is 21.9 Å². The Labute approximate surface area is 194 Å². The first kappa shape index (κ1) is 23.0. The molecule has 9 heteroatoms. The van der Waals surface area contributed by atoms with Crippen LogP contribution in [0.1, 0.15) is 26.3 Å². The third-order valence-corrected chi connectivity index (χ3v) is 4.83. The Morgan fingerprint density at radius 2 is 1.59 bits per heavy atom. The van der Waals surface area contributed by atoms with Gasteiger partial charge in [0.05, 0.1) is 28.4 Å². The van der Waals surface area contributed by atoms with Gasteiger partial charge in [-0.1, -0.05) is 41.4 Å². The van der Waals surface area contributed by atoms with Crippen molar-refractivity contribution in [2.75, 3.05) is 6.54 Å². The summed E-state index contributed by atoms with van der Waals surface area (Å²) in [5.41, 5.74) is 3.71. The zero-order chi connectivity index (χ0) is 22.9. The van der Waals surface area contributed by atoms with Gasteiger partial charge in [-0.15, -0.1) is 0 Å². The molecule has 2 N–H and O–H groups in total. The van der Waals surface area contributed by atoms with Crippen LogP contribution in [0.3, 0.4) is 0 Å². The Balaban J connectivity index is 1.45. The second-order valence-corrected chi connectivity index (χ2v) is 7.24. The maximum absolute atomic E-state index is 12.0. The third-order valence-electron chi connectivity index (χ3n) is 4.09. The molecule has 0 fully saturated rings. The second kappa shape index (κ2) is 11.1. The zero-order valence-corrected chi connectivity index (χ0v) is 18.1. The summed E-state index contributed by atoms with van der Waals surface area (Å²) in [6, 6.07) is 19.6. The smallest absolute Gasteiger partial charge is 0.343 e. The van der Waals surface area contributed by atoms with Crippen LogP contribution in [0, 0.1) is 0 Å². The average Bonchev–Trinajstić information content (AvgIpc) is 2.81. The number of hydrogen-bond donors (Lipinski definition) is 2. The minimum atomic E-state index is -0.511. The summed E-state index contributed by atoms with van der Waals surface area (Å²) in [4.78, 5) is 35.9. The van der Waals surface area contributed by atoms with Crippen LogP contribution in [0.25, 0.3) is 0 Å². The van der Waals surface area contributed by atoms with Crippen LogP contribution in [0.15, 0.2) is 77.9 Å². The number of nitrogens with one attached hydrogen (secondary N) is 2. The topological polar surface area (TPSA) is 96.9 Å². The van der Waals surface area contributed by atoms with Crippen LogP contribution in [0.5, 0.6) is 5.75 Å². The summed E-state index contributed by atoms with van der Waals surface area (Å²) in [5, 5.41) is 6.87. The van der Waals surface area contributed by atoms with Gasteiger partial charge in [0.15, 0.2) is 0 Å². The second-order valence-electron chi connectivity index (χ2n) is 6.43. The molecule has 0 saturated carbocycles. The number of esters is 1. The maximum Gasteiger partial charge on any atom is 0.343 e. The Morgan fingerprint density at radius 1 is 0.875 bits per heavy atom. The van der Waals surface area contributed by atoms with Gasteiger partial charge in [0.2, 0.25) is 0 Å². The molecule has 3 aromatic carbocycles. The summed E-state index contributed by atoms with van der Waals surface area (Å²) in [6.45, 7) is -0.273. The monoisotopic (exact) mass is 469 g/mol. The van der Waals surface area contributed by atoms with E-state index in [1.807, 2.05) is 6.07 Å². The van der Waals surface area contributed by atoms with Gasteiger partial charge in [-0.2, -0.15) is 5.10 Å². The lowest BCUT2D eigenvalue weighted by molar-refractivity contribution is -0.120. The van der Waals surface area contributed by atoms with E-state index >= 15 is 0 Å². The molecule has 0 heterocycles. The van der Waals surface area contributed by atoms with Crippen LogP contribution >= 0.6 is 23.2 Å². The van der Waals surface area contributed by atoms with Crippen LogP contribution < -0.4 is 15.5 Å². The molecule has 0 aliphatic carbocycles. The van der Waals surface area contributed by atoms with E-state index in [2.05, 4.69) is 15.8 Å². The predicted octanol–water partition coefficient (Wildman–Crippen LogP) is 4.09. The largest absolute Gasteiger partial charge is 0.423 e. The van der Waals surface area contributed by atoms with E-state index in [9.17, 15) is 14.4 Å². The number of carbonyl (C=O) groups excluding carboxylic acids is 3. The minimum Gasteiger partial charge on any atom is -0.423 e. The zero-order valence-electron chi connectivity index (χ0n) is 16.5. The summed E-state index contributed by atoms with van der Waals surface area (Å²) in [5.74, 6) is -1.06. The highest BCUT2D eigenvalue weighted by molar-refractivity contribution is 6.42. The van der Waals surface area contributed by atoms with Crippen molar-refractivity contribution in [1.82, 2.24) is 10.7 Å². The number of carbonyl (C=O) groups is 3. The summed E-state index contributed by atoms with van der Waals surface area (Å²) in [6.07, 6.45) is 1.42. The third kappa shape index (κ3) is 6.66. The van der Waals surface area contributed by atoms with Crippen molar-refractivity contribution in [2.45, 2.75) is 0 Å². The molecule has 3 rings (SSSR count). The number of rotatable bonds is 7. The van der Waals surface area contributed by atoms with Crippen molar-refractivity contribution in [3.63, 3.8) is 0 Å². The fourth-order valence-electron chi connectivity index (χ4n) is 2.48. The standard InChI is InChI=1S/C23H17Cl2N3O4/c24-19-11-8-17(12-20(19)25)22(30)26-14-21(29)28-27-13-15-6-9-18(10-7-15)32-23(31)16-4-2-1-3-5-16/h1-13H,14H2,(H,26,30)(H,28,29)/b27-13+. The Morgan fingerprint density at radius 3 is 2.28 bits per heavy atom. The molecule has 0 aromatic heterocycles. The molecule has 3 aromatic rings. The van der Waals surface area contributed by atoms with Gasteiger partial charge in [-0.3, -0.25) is 9.59 Å². The first-order valence-corrected chi connectivity index (χ1v) is 10.1. The number of hydrazone groups is 1. The molecule has 0 saturated heterocycles. The molecule has 2 amide bonds. The molecule has 0 unspecified atom stereocenters. The highest BCUT2D eigenvalue weighted by atomic mass is 35.5. The minimum absolute atomic E-state index is 0.245. The fourth-order valence-corrected chi connectivity index (χ4v) is 2.78. The van der Waals surface area contributed by atoms with Crippen molar-refractivity contribution in [3.05, 3.63) is 99.5 Å². The van der Waals surface area contributed by atoms with Crippen molar-refractivity contribution in [3.8, 4) is 5.75 Å². The van der Waals surface area contributed by atoms with E-state index in [4.69, 9.17) is 27.9 Å². The number of halogens is 2. The normalized spacial score (nSPS) is 10.6. The molecule has 162 valence electrons. The molecule has 0 aliphatic rings. The van der Waals surface area contributed by atoms with Gasteiger partial charge in [-0.05, 0) is 60.2 Å². The van der Waals surface area contributed by atoms with Crippen LogP contribution in [0.2, 0.25) is 10.0 Å². The van der Waals surface area contributed by atoms with Gasteiger partial charge < -0.3 is 10.1 Å². The Hall–Kier alpha value is -3.68. The maximum atomic E-state index is 12.0. The SMILES string of the molecule is O=C(CNC(=O)c1ccc(Cl)c(Cl)c1)N/N=C/c1ccc(OC(=O)c2ccccc2)cc1. The molecule has 0 radical (unpaired) electrons. The highest BCUT2D eigenvalue weighted by Gasteiger charge is 2.10. The van der Waals surface area contributed by atoms with Gasteiger partial charge in [0.25, 0.3) is 11.8 Å². The molecule has 0 bridgehead atoms. The molecule has 0 atom stereocenters. The van der Waals surface area contributed by atoms with Gasteiger partial charge >= 0.3 is 5.97 Å². The van der Waals surface area contributed by atoms with Crippen molar-refractivity contribution >= 4 is 47.2 Å². The number of amides is 2.